The molecule has 0 radical (unpaired) electrons. The average Bonchev–Trinajstić information content (AvgIpc) is 2.59. The number of rotatable bonds is 2. The minimum Gasteiger partial charge on any atom is -0.286 e. The zero-order valence-electron chi connectivity index (χ0n) is 10.3. The second kappa shape index (κ2) is 3.97. The molecule has 0 unspecified atom stereocenters. The van der Waals surface area contributed by atoms with Crippen LogP contribution in [-0.4, -0.2) is 22.1 Å². The van der Waals surface area contributed by atoms with E-state index in [0.717, 1.165) is 13.1 Å². The van der Waals surface area contributed by atoms with Crippen molar-refractivity contribution in [2.45, 2.75) is 52.9 Å². The lowest BCUT2D eigenvalue weighted by Gasteiger charge is -2.28. The molecule has 15 heavy (non-hydrogen) atoms. The van der Waals surface area contributed by atoms with Gasteiger partial charge in [0.25, 0.3) is 5.82 Å². The smallest absolute Gasteiger partial charge is 0.271 e. The Kier molecular flexibility index (Phi) is 2.83. The molecule has 0 N–H and O–H groups in total. The summed E-state index contributed by atoms with van der Waals surface area (Å²) in [5.74, 6) is 1.45. The Morgan fingerprint density at radius 1 is 1.20 bits per heavy atom. The van der Waals surface area contributed by atoms with Crippen LogP contribution < -0.4 is 4.57 Å². The van der Waals surface area contributed by atoms with E-state index in [4.69, 9.17) is 0 Å². The van der Waals surface area contributed by atoms with Crippen LogP contribution in [0.25, 0.3) is 0 Å². The maximum atomic E-state index is 2.54. The average molecular weight is 208 g/mol. The van der Waals surface area contributed by atoms with Gasteiger partial charge in [0.1, 0.15) is 25.5 Å². The maximum Gasteiger partial charge on any atom is 0.271 e. The summed E-state index contributed by atoms with van der Waals surface area (Å²) in [6.07, 6.45) is 4.43. The van der Waals surface area contributed by atoms with Crippen molar-refractivity contribution in [1.82, 2.24) is 9.47 Å². The molecule has 2 heterocycles. The number of nitrogens with zero attached hydrogens (tertiary/aromatic N) is 3. The summed E-state index contributed by atoms with van der Waals surface area (Å²) in [6.45, 7) is 12.4. The molecule has 3 nitrogen and oxygen atoms in total. The van der Waals surface area contributed by atoms with E-state index in [9.17, 15) is 0 Å². The Bertz CT molecular complexity index is 339. The second-order valence-corrected chi connectivity index (χ2v) is 4.97. The molecule has 1 aliphatic heterocycles. The zero-order chi connectivity index (χ0) is 11.0. The monoisotopic (exact) mass is 208 g/mol. The Hall–Kier alpha value is -0.830. The maximum absolute atomic E-state index is 2.54. The molecular formula is C12H22N3+. The highest BCUT2D eigenvalue weighted by atomic mass is 15.3. The number of aromatic nitrogens is 2. The highest BCUT2D eigenvalue weighted by Gasteiger charge is 2.27. The van der Waals surface area contributed by atoms with Gasteiger partial charge in [0.2, 0.25) is 0 Å². The van der Waals surface area contributed by atoms with Crippen LogP contribution in [0.15, 0.2) is 12.4 Å². The molecule has 0 aromatic carbocycles. The van der Waals surface area contributed by atoms with E-state index in [2.05, 4.69) is 54.1 Å². The summed E-state index contributed by atoms with van der Waals surface area (Å²) in [6, 6.07) is 1.21. The molecule has 0 atom stereocenters. The third-order valence-electron chi connectivity index (χ3n) is 3.30. The highest BCUT2D eigenvalue weighted by molar-refractivity contribution is 4.89. The predicted molar refractivity (Wildman–Crippen MR) is 60.6 cm³/mol. The summed E-state index contributed by atoms with van der Waals surface area (Å²) >= 11 is 0. The van der Waals surface area contributed by atoms with E-state index < -0.39 is 0 Å². The molecule has 0 fully saturated rings. The van der Waals surface area contributed by atoms with Gasteiger partial charge in [0.05, 0.1) is 6.04 Å². The van der Waals surface area contributed by atoms with Crippen LogP contribution in [0, 0.1) is 0 Å². The molecule has 0 amide bonds. The van der Waals surface area contributed by atoms with Crippen molar-refractivity contribution in [3.05, 3.63) is 18.2 Å². The number of hydrogen-bond donors (Lipinski definition) is 0. The predicted octanol–water partition coefficient (Wildman–Crippen LogP) is 1.58. The first-order chi connectivity index (χ1) is 7.09. The molecule has 2 rings (SSSR count). The highest BCUT2D eigenvalue weighted by Crippen LogP contribution is 2.13. The Morgan fingerprint density at radius 2 is 1.93 bits per heavy atom. The van der Waals surface area contributed by atoms with Gasteiger partial charge in [-0.25, -0.2) is 9.13 Å². The fraction of sp³-hybridized carbons (Fsp3) is 0.750. The van der Waals surface area contributed by atoms with Gasteiger partial charge in [-0.15, -0.1) is 0 Å². The number of hydrogen-bond acceptors (Lipinski definition) is 1. The zero-order valence-corrected chi connectivity index (χ0v) is 10.3. The molecule has 0 saturated carbocycles. The molecule has 0 aliphatic carbocycles. The van der Waals surface area contributed by atoms with E-state index in [-0.39, 0.29) is 0 Å². The van der Waals surface area contributed by atoms with Crippen LogP contribution in [0.2, 0.25) is 0 Å². The lowest BCUT2D eigenvalue weighted by atomic mass is 10.2. The lowest BCUT2D eigenvalue weighted by Crippen LogP contribution is -2.47. The molecule has 84 valence electrons. The first kappa shape index (κ1) is 10.7. The van der Waals surface area contributed by atoms with Crippen LogP contribution in [0.3, 0.4) is 0 Å². The summed E-state index contributed by atoms with van der Waals surface area (Å²) in [5.41, 5.74) is 0. The lowest BCUT2D eigenvalue weighted by molar-refractivity contribution is -0.724. The summed E-state index contributed by atoms with van der Waals surface area (Å²) in [7, 11) is 0. The van der Waals surface area contributed by atoms with Crippen LogP contribution >= 0.6 is 0 Å². The van der Waals surface area contributed by atoms with Crippen LogP contribution in [0.4, 0.5) is 0 Å². The SMILES string of the molecule is CC(C)N1CCn2cc[n+](C(C)C)c2C1. The third kappa shape index (κ3) is 1.93. The van der Waals surface area contributed by atoms with Gasteiger partial charge in [-0.2, -0.15) is 0 Å². The fourth-order valence-electron chi connectivity index (χ4n) is 2.26. The Balaban J connectivity index is 2.26. The van der Waals surface area contributed by atoms with Gasteiger partial charge in [-0.3, -0.25) is 4.90 Å². The molecule has 1 aliphatic rings. The van der Waals surface area contributed by atoms with Crippen molar-refractivity contribution in [3.63, 3.8) is 0 Å². The van der Waals surface area contributed by atoms with E-state index in [0.29, 0.717) is 12.1 Å². The van der Waals surface area contributed by atoms with Crippen LogP contribution in [0.5, 0.6) is 0 Å². The van der Waals surface area contributed by atoms with Crippen LogP contribution in [0.1, 0.15) is 39.6 Å². The second-order valence-electron chi connectivity index (χ2n) is 4.97. The first-order valence-electron chi connectivity index (χ1n) is 5.92. The van der Waals surface area contributed by atoms with Crippen LogP contribution in [-0.2, 0) is 13.1 Å². The van der Waals surface area contributed by atoms with Gasteiger partial charge in [-0.1, -0.05) is 0 Å². The number of fused-ring (bicyclic) bond motifs is 1. The summed E-state index contributed by atoms with van der Waals surface area (Å²) in [5, 5.41) is 0. The van der Waals surface area contributed by atoms with E-state index in [1.807, 2.05) is 0 Å². The van der Waals surface area contributed by atoms with Gasteiger partial charge in [0.15, 0.2) is 0 Å². The molecule has 1 aromatic rings. The van der Waals surface area contributed by atoms with E-state index >= 15 is 0 Å². The molecule has 0 spiro atoms. The van der Waals surface area contributed by atoms with Gasteiger partial charge in [-0.05, 0) is 27.7 Å². The minimum atomic E-state index is 0.563. The minimum absolute atomic E-state index is 0.563. The van der Waals surface area contributed by atoms with E-state index in [1.165, 1.54) is 12.4 Å². The summed E-state index contributed by atoms with van der Waals surface area (Å²) in [4.78, 5) is 2.54. The van der Waals surface area contributed by atoms with Crippen molar-refractivity contribution in [1.29, 1.82) is 0 Å². The molecule has 0 bridgehead atoms. The quantitative estimate of drug-likeness (QED) is 0.672. The fourth-order valence-corrected chi connectivity index (χ4v) is 2.26. The van der Waals surface area contributed by atoms with Gasteiger partial charge in [0, 0.05) is 12.6 Å². The Labute approximate surface area is 92.3 Å². The van der Waals surface area contributed by atoms with E-state index in [1.54, 1.807) is 0 Å². The van der Waals surface area contributed by atoms with Gasteiger partial charge < -0.3 is 0 Å². The van der Waals surface area contributed by atoms with Crippen molar-refractivity contribution < 1.29 is 4.57 Å². The van der Waals surface area contributed by atoms with Gasteiger partial charge >= 0.3 is 0 Å². The molecule has 1 aromatic heterocycles. The third-order valence-corrected chi connectivity index (χ3v) is 3.30. The Morgan fingerprint density at radius 3 is 2.53 bits per heavy atom. The van der Waals surface area contributed by atoms with Crippen molar-refractivity contribution >= 4 is 0 Å². The molecule has 0 saturated heterocycles. The van der Waals surface area contributed by atoms with Crippen molar-refractivity contribution in [2.75, 3.05) is 6.54 Å². The van der Waals surface area contributed by atoms with Crippen molar-refractivity contribution in [3.8, 4) is 0 Å². The largest absolute Gasteiger partial charge is 0.286 e. The van der Waals surface area contributed by atoms with Crippen molar-refractivity contribution in [2.24, 2.45) is 0 Å². The molecule has 3 heteroatoms. The summed E-state index contributed by atoms with van der Waals surface area (Å²) < 4.78 is 4.77. The number of imidazole rings is 1. The normalized spacial score (nSPS) is 17.5. The first-order valence-corrected chi connectivity index (χ1v) is 5.92. The topological polar surface area (TPSA) is 12.1 Å². The molecular weight excluding hydrogens is 186 g/mol. The standard InChI is InChI=1S/C12H22N3/c1-10(2)14-6-5-13-7-8-15(11(3)4)12(13)9-14/h7-8,10-11H,5-6,9H2,1-4H3/q+1.